The molecule has 2 rings (SSSR count). The third-order valence-electron chi connectivity index (χ3n) is 4.40. The van der Waals surface area contributed by atoms with Crippen LogP contribution in [0.3, 0.4) is 0 Å². The molecule has 1 N–H and O–H groups in total. The number of para-hydroxylation sites is 1. The minimum Gasteiger partial charge on any atom is -0.490 e. The van der Waals surface area contributed by atoms with Crippen LogP contribution >= 0.6 is 0 Å². The van der Waals surface area contributed by atoms with Gasteiger partial charge in [0.05, 0.1) is 12.2 Å². The van der Waals surface area contributed by atoms with E-state index in [9.17, 15) is 4.79 Å². The highest BCUT2D eigenvalue weighted by Gasteiger charge is 2.39. The molecule has 1 aliphatic heterocycles. The second kappa shape index (κ2) is 7.57. The lowest BCUT2D eigenvalue weighted by molar-refractivity contribution is 0.0711. The van der Waals surface area contributed by atoms with E-state index in [1.54, 1.807) is 7.11 Å². The van der Waals surface area contributed by atoms with Gasteiger partial charge in [0.15, 0.2) is 5.78 Å². The zero-order valence-corrected chi connectivity index (χ0v) is 13.0. The van der Waals surface area contributed by atoms with Crippen molar-refractivity contribution in [3.05, 3.63) is 29.8 Å². The molecular weight excluding hydrogens is 266 g/mol. The predicted octanol–water partition coefficient (Wildman–Crippen LogP) is 2.67. The third kappa shape index (κ3) is 3.63. The van der Waals surface area contributed by atoms with Crippen molar-refractivity contribution < 1.29 is 14.3 Å². The molecule has 1 aromatic rings. The Labute approximate surface area is 126 Å². The minimum absolute atomic E-state index is 0.222. The maximum atomic E-state index is 13.1. The molecule has 0 radical (unpaired) electrons. The van der Waals surface area contributed by atoms with Crippen LogP contribution in [0.1, 0.15) is 36.5 Å². The Morgan fingerprint density at radius 3 is 2.62 bits per heavy atom. The molecule has 0 aromatic heterocycles. The molecule has 1 heterocycles. The number of hydrogen-bond acceptors (Lipinski definition) is 4. The van der Waals surface area contributed by atoms with Gasteiger partial charge in [-0.1, -0.05) is 19.1 Å². The van der Waals surface area contributed by atoms with Crippen molar-refractivity contribution in [1.29, 1.82) is 0 Å². The first-order valence-corrected chi connectivity index (χ1v) is 7.70. The van der Waals surface area contributed by atoms with Gasteiger partial charge in [-0.3, -0.25) is 4.79 Å². The monoisotopic (exact) mass is 291 g/mol. The van der Waals surface area contributed by atoms with Crippen LogP contribution in [0.2, 0.25) is 0 Å². The zero-order chi connectivity index (χ0) is 15.1. The number of piperidine rings is 1. The van der Waals surface area contributed by atoms with Gasteiger partial charge in [0.1, 0.15) is 12.4 Å². The lowest BCUT2D eigenvalue weighted by Crippen LogP contribution is -2.42. The van der Waals surface area contributed by atoms with E-state index in [-0.39, 0.29) is 11.2 Å². The molecule has 0 aliphatic carbocycles. The molecule has 0 bridgehead atoms. The van der Waals surface area contributed by atoms with Gasteiger partial charge in [-0.15, -0.1) is 0 Å². The van der Waals surface area contributed by atoms with Crippen LogP contribution in [-0.4, -0.2) is 39.2 Å². The summed E-state index contributed by atoms with van der Waals surface area (Å²) in [7, 11) is 1.64. The number of benzene rings is 1. The molecule has 1 aromatic carbocycles. The van der Waals surface area contributed by atoms with Gasteiger partial charge < -0.3 is 14.8 Å². The number of carbonyl (C=O) groups is 1. The van der Waals surface area contributed by atoms with Crippen LogP contribution in [0.25, 0.3) is 0 Å². The van der Waals surface area contributed by atoms with Gasteiger partial charge >= 0.3 is 0 Å². The van der Waals surface area contributed by atoms with Crippen LogP contribution in [-0.2, 0) is 4.74 Å². The van der Waals surface area contributed by atoms with Gasteiger partial charge in [0.25, 0.3) is 0 Å². The van der Waals surface area contributed by atoms with Gasteiger partial charge in [0.2, 0.25) is 0 Å². The summed E-state index contributed by atoms with van der Waals surface area (Å²) in [5.41, 5.74) is 0.462. The summed E-state index contributed by atoms with van der Waals surface area (Å²) < 4.78 is 10.7. The molecule has 4 heteroatoms. The Morgan fingerprint density at radius 2 is 1.95 bits per heavy atom. The van der Waals surface area contributed by atoms with E-state index in [1.807, 2.05) is 24.3 Å². The number of ketones is 1. The van der Waals surface area contributed by atoms with Crippen molar-refractivity contribution in [3.8, 4) is 5.75 Å². The summed E-state index contributed by atoms with van der Waals surface area (Å²) in [4.78, 5) is 13.1. The molecule has 116 valence electrons. The molecule has 21 heavy (non-hydrogen) atoms. The first kappa shape index (κ1) is 16.0. The molecule has 0 unspecified atom stereocenters. The topological polar surface area (TPSA) is 47.6 Å². The van der Waals surface area contributed by atoms with E-state index in [0.717, 1.165) is 32.4 Å². The normalized spacial score (nSPS) is 17.4. The smallest absolute Gasteiger partial charge is 0.172 e. The third-order valence-corrected chi connectivity index (χ3v) is 4.40. The molecule has 0 spiro atoms. The largest absolute Gasteiger partial charge is 0.490 e. The van der Waals surface area contributed by atoms with Gasteiger partial charge in [0, 0.05) is 12.5 Å². The van der Waals surface area contributed by atoms with Crippen molar-refractivity contribution in [1.82, 2.24) is 5.32 Å². The zero-order valence-electron chi connectivity index (χ0n) is 13.0. The Bertz CT molecular complexity index is 467. The van der Waals surface area contributed by atoms with Crippen molar-refractivity contribution in [2.45, 2.75) is 26.2 Å². The molecular formula is C17H25NO3. The second-order valence-corrected chi connectivity index (χ2v) is 5.55. The molecule has 0 saturated carbocycles. The summed E-state index contributed by atoms with van der Waals surface area (Å²) in [6.45, 7) is 4.91. The van der Waals surface area contributed by atoms with Crippen LogP contribution < -0.4 is 10.1 Å². The number of Topliss-reactive ketones (excluding diaryl/α,β-unsaturated/α-hetero) is 1. The summed E-state index contributed by atoms with van der Waals surface area (Å²) in [6, 6.07) is 7.55. The lowest BCUT2D eigenvalue weighted by atomic mass is 9.71. The quantitative estimate of drug-likeness (QED) is 0.620. The minimum atomic E-state index is -0.244. The Balaban J connectivity index is 2.21. The van der Waals surface area contributed by atoms with Crippen LogP contribution in [0.5, 0.6) is 5.75 Å². The van der Waals surface area contributed by atoms with Crippen LogP contribution in [0.4, 0.5) is 0 Å². The molecule has 1 aliphatic rings. The van der Waals surface area contributed by atoms with E-state index in [4.69, 9.17) is 9.47 Å². The van der Waals surface area contributed by atoms with Crippen molar-refractivity contribution >= 4 is 5.78 Å². The predicted molar refractivity (Wildman–Crippen MR) is 83.0 cm³/mol. The molecule has 1 saturated heterocycles. The maximum Gasteiger partial charge on any atom is 0.172 e. The molecule has 1 fully saturated rings. The highest BCUT2D eigenvalue weighted by Crippen LogP contribution is 2.38. The average Bonchev–Trinajstić information content (AvgIpc) is 2.55. The lowest BCUT2D eigenvalue weighted by Gasteiger charge is -2.35. The van der Waals surface area contributed by atoms with E-state index in [0.29, 0.717) is 24.5 Å². The van der Waals surface area contributed by atoms with E-state index in [1.165, 1.54) is 0 Å². The standard InChI is InChI=1S/C17H25NO3/c1-3-17(8-10-18-11-9-17)16(19)14-6-4-5-7-15(14)21-13-12-20-2/h4-7,18H,3,8-13H2,1-2H3. The molecule has 0 atom stereocenters. The average molecular weight is 291 g/mol. The van der Waals surface area contributed by atoms with Crippen LogP contribution in [0, 0.1) is 5.41 Å². The van der Waals surface area contributed by atoms with Crippen molar-refractivity contribution in [3.63, 3.8) is 0 Å². The summed E-state index contributed by atoms with van der Waals surface area (Å²) in [6.07, 6.45) is 2.67. The Hall–Kier alpha value is -1.39. The fraction of sp³-hybridized carbons (Fsp3) is 0.588. The number of nitrogens with one attached hydrogen (secondary N) is 1. The highest BCUT2D eigenvalue weighted by molar-refractivity contribution is 6.02. The van der Waals surface area contributed by atoms with E-state index in [2.05, 4.69) is 12.2 Å². The van der Waals surface area contributed by atoms with Gasteiger partial charge in [-0.2, -0.15) is 0 Å². The van der Waals surface area contributed by atoms with E-state index < -0.39 is 0 Å². The van der Waals surface area contributed by atoms with E-state index >= 15 is 0 Å². The Morgan fingerprint density at radius 1 is 1.24 bits per heavy atom. The number of ether oxygens (including phenoxy) is 2. The molecule has 4 nitrogen and oxygen atoms in total. The molecule has 0 amide bonds. The van der Waals surface area contributed by atoms with Crippen molar-refractivity contribution in [2.24, 2.45) is 5.41 Å². The first-order chi connectivity index (χ1) is 10.2. The van der Waals surface area contributed by atoms with Crippen molar-refractivity contribution in [2.75, 3.05) is 33.4 Å². The fourth-order valence-electron chi connectivity index (χ4n) is 2.95. The number of hydrogen-bond donors (Lipinski definition) is 1. The fourth-order valence-corrected chi connectivity index (χ4v) is 2.95. The first-order valence-electron chi connectivity index (χ1n) is 7.70. The van der Waals surface area contributed by atoms with Gasteiger partial charge in [-0.25, -0.2) is 0 Å². The van der Waals surface area contributed by atoms with Crippen LogP contribution in [0.15, 0.2) is 24.3 Å². The number of methoxy groups -OCH3 is 1. The summed E-state index contributed by atoms with van der Waals surface area (Å²) in [5, 5.41) is 3.34. The highest BCUT2D eigenvalue weighted by atomic mass is 16.5. The SMILES string of the molecule is CCC1(C(=O)c2ccccc2OCCOC)CCNCC1. The Kier molecular flexibility index (Phi) is 5.76. The number of carbonyl (C=O) groups excluding carboxylic acids is 1. The summed E-state index contributed by atoms with van der Waals surface area (Å²) >= 11 is 0. The second-order valence-electron chi connectivity index (χ2n) is 5.55. The summed E-state index contributed by atoms with van der Waals surface area (Å²) in [5.74, 6) is 0.894. The maximum absolute atomic E-state index is 13.1. The van der Waals surface area contributed by atoms with Gasteiger partial charge in [-0.05, 0) is 44.5 Å². The number of rotatable bonds is 7.